The van der Waals surface area contributed by atoms with Crippen molar-refractivity contribution in [1.82, 2.24) is 15.6 Å². The van der Waals surface area contributed by atoms with E-state index in [4.69, 9.17) is 16.6 Å². The third-order valence-corrected chi connectivity index (χ3v) is 5.41. The van der Waals surface area contributed by atoms with Gasteiger partial charge in [0, 0.05) is 28.4 Å². The van der Waals surface area contributed by atoms with Gasteiger partial charge in [0.1, 0.15) is 0 Å². The first kappa shape index (κ1) is 20.5. The van der Waals surface area contributed by atoms with Crippen molar-refractivity contribution in [3.63, 3.8) is 0 Å². The van der Waals surface area contributed by atoms with Gasteiger partial charge < -0.3 is 10.6 Å². The molecule has 0 amide bonds. The maximum absolute atomic E-state index is 6.09. The summed E-state index contributed by atoms with van der Waals surface area (Å²) in [6, 6.07) is 8.56. The van der Waals surface area contributed by atoms with E-state index in [-0.39, 0.29) is 24.0 Å². The molecule has 1 fully saturated rings. The number of guanidine groups is 1. The van der Waals surface area contributed by atoms with E-state index >= 15 is 0 Å². The molecule has 4 nitrogen and oxygen atoms in total. The lowest BCUT2D eigenvalue weighted by Gasteiger charge is -2.11. The van der Waals surface area contributed by atoms with E-state index in [1.807, 2.05) is 26.0 Å². The zero-order valence-electron chi connectivity index (χ0n) is 14.7. The van der Waals surface area contributed by atoms with Gasteiger partial charge in [-0.15, -0.1) is 35.3 Å². The largest absolute Gasteiger partial charge is 0.357 e. The molecule has 0 bridgehead atoms. The molecule has 25 heavy (non-hydrogen) atoms. The van der Waals surface area contributed by atoms with Gasteiger partial charge in [-0.05, 0) is 44.9 Å². The molecule has 1 aliphatic rings. The fraction of sp³-hybridized carbons (Fsp3) is 0.444. The minimum atomic E-state index is 0. The molecule has 1 saturated carbocycles. The second-order valence-corrected chi connectivity index (χ2v) is 7.81. The third-order valence-electron chi connectivity index (χ3n) is 4.11. The van der Waals surface area contributed by atoms with Gasteiger partial charge in [0.25, 0.3) is 0 Å². The lowest BCUT2D eigenvalue weighted by Crippen LogP contribution is -2.39. The molecular weight excluding hydrogens is 467 g/mol. The average Bonchev–Trinajstić information content (AvgIpc) is 3.22. The van der Waals surface area contributed by atoms with Gasteiger partial charge in [-0.25, -0.2) is 9.98 Å². The number of aryl methyl sites for hydroxylation is 2. The molecule has 2 unspecified atom stereocenters. The molecule has 2 N–H and O–H groups in total. The minimum Gasteiger partial charge on any atom is -0.357 e. The molecule has 2 atom stereocenters. The summed E-state index contributed by atoms with van der Waals surface area (Å²) in [7, 11) is 0. The number of halogens is 2. The first-order valence-corrected chi connectivity index (χ1v) is 9.49. The molecule has 136 valence electrons. The molecule has 2 aromatic rings. The summed E-state index contributed by atoms with van der Waals surface area (Å²) in [4.78, 5) is 10.4. The van der Waals surface area contributed by atoms with Gasteiger partial charge in [-0.2, -0.15) is 0 Å². The molecular formula is C18H24ClIN4S. The van der Waals surface area contributed by atoms with E-state index in [0.717, 1.165) is 34.6 Å². The molecule has 1 aliphatic carbocycles. The summed E-state index contributed by atoms with van der Waals surface area (Å²) >= 11 is 7.81. The number of hydrogen-bond acceptors (Lipinski definition) is 3. The third kappa shape index (κ3) is 5.56. The number of hydrogen-bond donors (Lipinski definition) is 2. The Balaban J connectivity index is 0.00000225. The minimum absolute atomic E-state index is 0. The highest BCUT2D eigenvalue weighted by atomic mass is 127. The van der Waals surface area contributed by atoms with Gasteiger partial charge in [0.05, 0.1) is 17.2 Å². The highest BCUT2D eigenvalue weighted by molar-refractivity contribution is 14.0. The van der Waals surface area contributed by atoms with Gasteiger partial charge in [-0.3, -0.25) is 0 Å². The van der Waals surface area contributed by atoms with Gasteiger partial charge in [-0.1, -0.05) is 23.7 Å². The molecule has 0 saturated heterocycles. The number of thiazole rings is 1. The van der Waals surface area contributed by atoms with Crippen LogP contribution in [0.1, 0.15) is 40.4 Å². The van der Waals surface area contributed by atoms with E-state index in [1.54, 1.807) is 11.3 Å². The molecule has 1 aromatic carbocycles. The van der Waals surface area contributed by atoms with Gasteiger partial charge in [0.2, 0.25) is 0 Å². The lowest BCUT2D eigenvalue weighted by molar-refractivity contribution is 0.795. The number of aliphatic imine (C=N–C) groups is 1. The van der Waals surface area contributed by atoms with Crippen molar-refractivity contribution in [3.8, 4) is 0 Å². The number of aromatic nitrogens is 1. The first-order chi connectivity index (χ1) is 11.6. The van der Waals surface area contributed by atoms with Gasteiger partial charge >= 0.3 is 0 Å². The van der Waals surface area contributed by atoms with E-state index in [9.17, 15) is 0 Å². The van der Waals surface area contributed by atoms with Crippen molar-refractivity contribution in [2.75, 3.05) is 6.54 Å². The molecule has 1 heterocycles. The van der Waals surface area contributed by atoms with Crippen molar-refractivity contribution < 1.29 is 0 Å². The molecule has 0 spiro atoms. The average molecular weight is 491 g/mol. The Morgan fingerprint density at radius 3 is 2.84 bits per heavy atom. The Morgan fingerprint density at radius 1 is 1.40 bits per heavy atom. The van der Waals surface area contributed by atoms with E-state index in [2.05, 4.69) is 34.7 Å². The van der Waals surface area contributed by atoms with Crippen LogP contribution in [0.5, 0.6) is 0 Å². The Bertz CT molecular complexity index is 746. The van der Waals surface area contributed by atoms with Gasteiger partial charge in [0.15, 0.2) is 5.96 Å². The van der Waals surface area contributed by atoms with Crippen molar-refractivity contribution in [3.05, 3.63) is 50.4 Å². The van der Waals surface area contributed by atoms with Crippen LogP contribution >= 0.6 is 46.9 Å². The predicted molar refractivity (Wildman–Crippen MR) is 118 cm³/mol. The second-order valence-electron chi connectivity index (χ2n) is 6.08. The SMILES string of the molecule is CCNC(=NCc1sc(C)nc1C)NC1CC1c1cccc(Cl)c1.I. The number of nitrogens with zero attached hydrogens (tertiary/aromatic N) is 2. The highest BCUT2D eigenvalue weighted by Gasteiger charge is 2.39. The Morgan fingerprint density at radius 2 is 2.20 bits per heavy atom. The van der Waals surface area contributed by atoms with E-state index < -0.39 is 0 Å². The van der Waals surface area contributed by atoms with Crippen molar-refractivity contribution in [1.29, 1.82) is 0 Å². The van der Waals surface area contributed by atoms with Crippen LogP contribution in [-0.2, 0) is 6.54 Å². The zero-order chi connectivity index (χ0) is 17.1. The Labute approximate surface area is 175 Å². The number of benzene rings is 1. The Hall–Kier alpha value is -0.860. The number of nitrogens with one attached hydrogen (secondary N) is 2. The molecule has 7 heteroatoms. The molecule has 1 aromatic heterocycles. The van der Waals surface area contributed by atoms with Crippen LogP contribution < -0.4 is 10.6 Å². The first-order valence-electron chi connectivity index (χ1n) is 8.30. The quantitative estimate of drug-likeness (QED) is 0.365. The molecule has 0 aliphatic heterocycles. The smallest absolute Gasteiger partial charge is 0.191 e. The monoisotopic (exact) mass is 490 g/mol. The maximum atomic E-state index is 6.09. The fourth-order valence-corrected chi connectivity index (χ4v) is 3.89. The summed E-state index contributed by atoms with van der Waals surface area (Å²) in [5, 5.41) is 8.76. The topological polar surface area (TPSA) is 49.3 Å². The fourth-order valence-electron chi connectivity index (χ4n) is 2.83. The van der Waals surface area contributed by atoms with E-state index in [1.165, 1.54) is 10.4 Å². The van der Waals surface area contributed by atoms with Crippen LogP contribution in [0.2, 0.25) is 5.02 Å². The molecule has 0 radical (unpaired) electrons. The van der Waals surface area contributed by atoms with Crippen molar-refractivity contribution >= 4 is 52.9 Å². The Kier molecular flexibility index (Phi) is 7.51. The van der Waals surface area contributed by atoms with Crippen LogP contribution in [-0.4, -0.2) is 23.5 Å². The van der Waals surface area contributed by atoms with Crippen molar-refractivity contribution in [2.24, 2.45) is 4.99 Å². The summed E-state index contributed by atoms with van der Waals surface area (Å²) in [5.74, 6) is 1.39. The van der Waals surface area contributed by atoms with Crippen LogP contribution in [0.4, 0.5) is 0 Å². The predicted octanol–water partition coefficient (Wildman–Crippen LogP) is 4.64. The van der Waals surface area contributed by atoms with Crippen LogP contribution in [0.15, 0.2) is 29.3 Å². The normalized spacial score (nSPS) is 19.3. The van der Waals surface area contributed by atoms with Crippen LogP contribution in [0.3, 0.4) is 0 Å². The van der Waals surface area contributed by atoms with Crippen LogP contribution in [0.25, 0.3) is 0 Å². The second kappa shape index (κ2) is 9.19. The van der Waals surface area contributed by atoms with Crippen molar-refractivity contribution in [2.45, 2.75) is 45.7 Å². The maximum Gasteiger partial charge on any atom is 0.191 e. The summed E-state index contributed by atoms with van der Waals surface area (Å²) in [5.41, 5.74) is 2.38. The number of rotatable bonds is 5. The summed E-state index contributed by atoms with van der Waals surface area (Å²) < 4.78 is 0. The summed E-state index contributed by atoms with van der Waals surface area (Å²) in [6.45, 7) is 7.68. The summed E-state index contributed by atoms with van der Waals surface area (Å²) in [6.07, 6.45) is 1.11. The zero-order valence-corrected chi connectivity index (χ0v) is 18.6. The van der Waals surface area contributed by atoms with Crippen LogP contribution in [0, 0.1) is 13.8 Å². The standard InChI is InChI=1S/C18H23ClN4S.HI/c1-4-20-18(21-10-17-11(2)22-12(3)24-17)23-16-9-15(16)13-6-5-7-14(19)8-13;/h5-8,15-16H,4,9-10H2,1-3H3,(H2,20,21,23);1H. The lowest BCUT2D eigenvalue weighted by atomic mass is 10.1. The molecule has 3 rings (SSSR count). The highest BCUT2D eigenvalue weighted by Crippen LogP contribution is 2.41. The van der Waals surface area contributed by atoms with E-state index in [0.29, 0.717) is 18.5 Å².